The van der Waals surface area contributed by atoms with E-state index in [1.807, 2.05) is 0 Å². The van der Waals surface area contributed by atoms with Crippen LogP contribution in [0, 0.1) is 11.8 Å². The van der Waals surface area contributed by atoms with Crippen molar-refractivity contribution in [2.45, 2.75) is 55.9 Å². The maximum absolute atomic E-state index is 13.6. The predicted molar refractivity (Wildman–Crippen MR) is 138 cm³/mol. The van der Waals surface area contributed by atoms with Crippen LogP contribution in [0.25, 0.3) is 0 Å². The van der Waals surface area contributed by atoms with Gasteiger partial charge in [0.25, 0.3) is 0 Å². The molecule has 2 aromatic rings. The van der Waals surface area contributed by atoms with Crippen LogP contribution in [0.4, 0.5) is 0 Å². The molecule has 0 bridgehead atoms. The third-order valence-electron chi connectivity index (χ3n) is 8.36. The van der Waals surface area contributed by atoms with Crippen molar-refractivity contribution in [3.05, 3.63) is 41.0 Å². The van der Waals surface area contributed by atoms with E-state index in [0.717, 1.165) is 0 Å². The summed E-state index contributed by atoms with van der Waals surface area (Å²) < 4.78 is 83.8. The summed E-state index contributed by atoms with van der Waals surface area (Å²) in [5, 5.41) is 32.7. The van der Waals surface area contributed by atoms with E-state index in [9.17, 15) is 20.1 Å². The summed E-state index contributed by atoms with van der Waals surface area (Å²) in [6.45, 7) is -3.47. The van der Waals surface area contributed by atoms with Crippen molar-refractivity contribution in [2.75, 3.05) is 34.1 Å². The lowest BCUT2D eigenvalue weighted by atomic mass is 9.66. The number of fused-ring (bicyclic) bond motifs is 4. The standard InChI is InChI=1S/C29H32O13/c1-11-36-9-20-27(40-11)24(31)25(32)29(41-20)42-26-14-7-17-16(38-10-39-17)6-13(14)21(22-15(26)8-37-28(22)33)12-4-18(34-2)23(30)19(5-12)35-3/h4-7,11,15,20-22,24-27,29-32H,8-10H2,1-3H3/t11-,15+,20-,21-,22+,24-,25-,26-,27-,29+/m1/s1/i8D2,10D2. The minimum absolute atomic E-state index is 0.0101. The van der Waals surface area contributed by atoms with Crippen molar-refractivity contribution in [1.82, 2.24) is 0 Å². The molecule has 10 atom stereocenters. The fourth-order valence-electron chi connectivity index (χ4n) is 6.37. The highest BCUT2D eigenvalue weighted by atomic mass is 16.8. The van der Waals surface area contributed by atoms with Crippen molar-refractivity contribution in [3.8, 4) is 28.7 Å². The first-order chi connectivity index (χ1) is 21.7. The van der Waals surface area contributed by atoms with Crippen LogP contribution in [-0.4, -0.2) is 92.4 Å². The van der Waals surface area contributed by atoms with Gasteiger partial charge in [-0.15, -0.1) is 0 Å². The Morgan fingerprint density at radius 3 is 2.33 bits per heavy atom. The minimum Gasteiger partial charge on any atom is -0.502 e. The van der Waals surface area contributed by atoms with Crippen LogP contribution in [0.3, 0.4) is 0 Å². The van der Waals surface area contributed by atoms with Crippen molar-refractivity contribution >= 4 is 5.97 Å². The Morgan fingerprint density at radius 2 is 1.64 bits per heavy atom. The van der Waals surface area contributed by atoms with Gasteiger partial charge in [0.1, 0.15) is 27.2 Å². The first-order valence-electron chi connectivity index (χ1n) is 15.4. The molecule has 0 aromatic heterocycles. The van der Waals surface area contributed by atoms with Gasteiger partial charge in [0.2, 0.25) is 12.5 Å². The third-order valence-corrected chi connectivity index (χ3v) is 8.36. The molecule has 0 saturated carbocycles. The summed E-state index contributed by atoms with van der Waals surface area (Å²) in [5.74, 6) is -4.78. The number of methoxy groups -OCH3 is 2. The normalized spacial score (nSPS) is 40.3. The van der Waals surface area contributed by atoms with Crippen LogP contribution in [0.1, 0.15) is 41.1 Å². The molecule has 0 radical (unpaired) electrons. The second-order valence-electron chi connectivity index (χ2n) is 10.6. The van der Waals surface area contributed by atoms with Crippen LogP contribution in [0.5, 0.6) is 28.7 Å². The molecule has 3 saturated heterocycles. The van der Waals surface area contributed by atoms with Crippen molar-refractivity contribution in [1.29, 1.82) is 0 Å². The van der Waals surface area contributed by atoms with E-state index in [2.05, 4.69) is 0 Å². The summed E-state index contributed by atoms with van der Waals surface area (Å²) in [5.41, 5.74) is 0.963. The number of hydrogen-bond donors (Lipinski definition) is 3. The molecule has 1 aliphatic carbocycles. The number of hydrogen-bond acceptors (Lipinski definition) is 13. The summed E-state index contributed by atoms with van der Waals surface area (Å²) >= 11 is 0. The maximum Gasteiger partial charge on any atom is 0.310 e. The van der Waals surface area contributed by atoms with Gasteiger partial charge in [-0.2, -0.15) is 0 Å². The Kier molecular flexibility index (Phi) is 5.76. The summed E-state index contributed by atoms with van der Waals surface area (Å²) in [7, 11) is 2.67. The number of phenols is 1. The number of aliphatic hydroxyl groups is 2. The van der Waals surface area contributed by atoms with Gasteiger partial charge in [0, 0.05) is 11.8 Å². The van der Waals surface area contributed by atoms with Gasteiger partial charge >= 0.3 is 5.97 Å². The molecule has 2 aromatic carbocycles. The monoisotopic (exact) mass is 592 g/mol. The van der Waals surface area contributed by atoms with E-state index >= 15 is 0 Å². The number of benzene rings is 2. The SMILES string of the molecule is [2H]C1([2H])Oc2cc3c(cc2O1)[C@@H](O[C@@H]1O[C@@H]2CO[C@@H](C)O[C@H]2[C@H](O)[C@H]1O)[C@@H]1[C@H](C(=O)OC1([2H])[2H])[C@@H]3c1cc(OC)c(O)c(OC)c1. The molecule has 3 fully saturated rings. The van der Waals surface area contributed by atoms with E-state index in [1.54, 1.807) is 6.92 Å². The number of esters is 1. The average Bonchev–Trinajstić information content (AvgIpc) is 3.43. The Balaban J connectivity index is 1.38. The van der Waals surface area contributed by atoms with Gasteiger partial charge in [0.15, 0.2) is 35.6 Å². The molecule has 7 rings (SSSR count). The topological polar surface area (TPSA) is 161 Å². The van der Waals surface area contributed by atoms with Crippen LogP contribution in [0.15, 0.2) is 24.3 Å². The lowest BCUT2D eigenvalue weighted by Gasteiger charge is -2.47. The van der Waals surface area contributed by atoms with Crippen molar-refractivity contribution < 1.29 is 68.2 Å². The second kappa shape index (κ2) is 10.4. The molecule has 4 aliphatic heterocycles. The second-order valence-corrected chi connectivity index (χ2v) is 10.6. The van der Waals surface area contributed by atoms with E-state index < -0.39 is 80.1 Å². The highest BCUT2D eigenvalue weighted by Gasteiger charge is 2.56. The van der Waals surface area contributed by atoms with E-state index in [0.29, 0.717) is 11.1 Å². The number of cyclic esters (lactones) is 1. The number of rotatable bonds is 5. The van der Waals surface area contributed by atoms with Gasteiger partial charge in [-0.1, -0.05) is 0 Å². The number of aromatic hydroxyl groups is 1. The Morgan fingerprint density at radius 1 is 0.952 bits per heavy atom. The quantitative estimate of drug-likeness (QED) is 0.427. The molecular weight excluding hydrogens is 556 g/mol. The smallest absolute Gasteiger partial charge is 0.310 e. The average molecular weight is 593 g/mol. The van der Waals surface area contributed by atoms with E-state index in [-0.39, 0.29) is 40.9 Å². The molecule has 0 unspecified atom stereocenters. The third kappa shape index (κ3) is 4.26. The van der Waals surface area contributed by atoms with Crippen molar-refractivity contribution in [3.63, 3.8) is 0 Å². The molecule has 13 heteroatoms. The molecule has 4 heterocycles. The van der Waals surface area contributed by atoms with Crippen LogP contribution < -0.4 is 18.9 Å². The Labute approximate surface area is 246 Å². The zero-order chi connectivity index (χ0) is 32.9. The number of phenolic OH excluding ortho intramolecular Hbond substituents is 1. The lowest BCUT2D eigenvalue weighted by Crippen LogP contribution is -2.63. The lowest BCUT2D eigenvalue weighted by molar-refractivity contribution is -0.364. The summed E-state index contributed by atoms with van der Waals surface area (Å²) in [6.07, 6.45) is -8.43. The Hall–Kier alpha value is -3.33. The van der Waals surface area contributed by atoms with Gasteiger partial charge in [-0.05, 0) is 47.9 Å². The molecule has 5 aliphatic rings. The first kappa shape index (κ1) is 23.2. The van der Waals surface area contributed by atoms with E-state index in [4.69, 9.17) is 48.1 Å². The molecule has 3 N–H and O–H groups in total. The minimum atomic E-state index is -2.61. The van der Waals surface area contributed by atoms with Gasteiger partial charge in [-0.3, -0.25) is 4.79 Å². The molecule has 13 nitrogen and oxygen atoms in total. The van der Waals surface area contributed by atoms with Gasteiger partial charge in [0.05, 0.1) is 42.1 Å². The molecule has 226 valence electrons. The van der Waals surface area contributed by atoms with Crippen molar-refractivity contribution in [2.24, 2.45) is 11.8 Å². The molecule has 42 heavy (non-hydrogen) atoms. The summed E-state index contributed by atoms with van der Waals surface area (Å²) in [6, 6.07) is 5.83. The highest BCUT2D eigenvalue weighted by molar-refractivity contribution is 5.79. The zero-order valence-electron chi connectivity index (χ0n) is 26.7. The fourth-order valence-corrected chi connectivity index (χ4v) is 6.37. The highest BCUT2D eigenvalue weighted by Crippen LogP contribution is 2.57. The maximum atomic E-state index is 13.6. The molecule has 0 spiro atoms. The number of ether oxygens (including phenoxy) is 9. The Bertz CT molecular complexity index is 1530. The first-order valence-corrected chi connectivity index (χ1v) is 13.4. The zero-order valence-corrected chi connectivity index (χ0v) is 22.7. The number of carbonyl (C=O) groups is 1. The number of aliphatic hydroxyl groups excluding tert-OH is 2. The van der Waals surface area contributed by atoms with Crippen LogP contribution in [-0.2, 0) is 28.5 Å². The van der Waals surface area contributed by atoms with Gasteiger partial charge < -0.3 is 58.0 Å². The van der Waals surface area contributed by atoms with Crippen LogP contribution >= 0.6 is 0 Å². The largest absolute Gasteiger partial charge is 0.502 e. The van der Waals surface area contributed by atoms with Crippen LogP contribution in [0.2, 0.25) is 0 Å². The van der Waals surface area contributed by atoms with Gasteiger partial charge in [-0.25, -0.2) is 0 Å². The number of carbonyl (C=O) groups excluding carboxylic acids is 1. The van der Waals surface area contributed by atoms with E-state index in [1.165, 1.54) is 38.5 Å². The molecular formula is C29H32O13. The summed E-state index contributed by atoms with van der Waals surface area (Å²) in [4.78, 5) is 13.6. The predicted octanol–water partition coefficient (Wildman–Crippen LogP) is 1.34. The fraction of sp³-hybridized carbons (Fsp3) is 0.552. The molecule has 0 amide bonds.